The summed E-state index contributed by atoms with van der Waals surface area (Å²) in [5.41, 5.74) is 5.78. The van der Waals surface area contributed by atoms with Crippen LogP contribution in [0.25, 0.3) is 5.57 Å². The van der Waals surface area contributed by atoms with Crippen LogP contribution in [0.2, 0.25) is 0 Å². The van der Waals surface area contributed by atoms with E-state index in [2.05, 4.69) is 59.8 Å². The number of hydrogen-bond donors (Lipinski definition) is 0. The lowest BCUT2D eigenvalue weighted by Crippen LogP contribution is -2.06. The molecule has 0 saturated carbocycles. The van der Waals surface area contributed by atoms with E-state index in [4.69, 9.17) is 9.47 Å². The molecule has 3 heteroatoms. The highest BCUT2D eigenvalue weighted by Gasteiger charge is 2.17. The second-order valence-electron chi connectivity index (χ2n) is 9.05. The maximum Gasteiger partial charge on any atom is 0.330 e. The maximum atomic E-state index is 11.6. The fraction of sp³-hybridized carbons (Fsp3) is 0.552. The SMILES string of the molecule is CCCCCCOc1c(C(C)=CC=CC(C)=CC(=O)OCC)cc(C(C)C)cc1C(C)C. The van der Waals surface area contributed by atoms with Gasteiger partial charge in [-0.1, -0.05) is 78.2 Å². The van der Waals surface area contributed by atoms with Crippen molar-refractivity contribution in [3.05, 3.63) is 58.7 Å². The van der Waals surface area contributed by atoms with Gasteiger partial charge in [0, 0.05) is 11.6 Å². The molecule has 32 heavy (non-hydrogen) atoms. The number of rotatable bonds is 13. The van der Waals surface area contributed by atoms with Crippen molar-refractivity contribution >= 4 is 11.5 Å². The van der Waals surface area contributed by atoms with Gasteiger partial charge in [0.25, 0.3) is 0 Å². The molecule has 0 unspecified atom stereocenters. The van der Waals surface area contributed by atoms with Crippen LogP contribution < -0.4 is 4.74 Å². The Morgan fingerprint density at radius 3 is 2.31 bits per heavy atom. The third-order valence-corrected chi connectivity index (χ3v) is 5.44. The fourth-order valence-electron chi connectivity index (χ4n) is 3.45. The summed E-state index contributed by atoms with van der Waals surface area (Å²) in [4.78, 5) is 11.6. The van der Waals surface area contributed by atoms with Crippen molar-refractivity contribution < 1.29 is 14.3 Å². The first-order chi connectivity index (χ1) is 15.2. The van der Waals surface area contributed by atoms with Crippen molar-refractivity contribution in [2.75, 3.05) is 13.2 Å². The molecule has 1 aromatic rings. The van der Waals surface area contributed by atoms with E-state index in [1.165, 1.54) is 36.5 Å². The van der Waals surface area contributed by atoms with Gasteiger partial charge in [-0.3, -0.25) is 0 Å². The van der Waals surface area contributed by atoms with Gasteiger partial charge >= 0.3 is 5.97 Å². The average molecular weight is 441 g/mol. The molecule has 0 aliphatic rings. The Bertz CT molecular complexity index is 810. The molecule has 0 aliphatic heterocycles. The molecule has 0 amide bonds. The Hall–Kier alpha value is -2.29. The van der Waals surface area contributed by atoms with Crippen molar-refractivity contribution in [2.45, 2.75) is 92.9 Å². The van der Waals surface area contributed by atoms with Gasteiger partial charge in [-0.25, -0.2) is 4.79 Å². The average Bonchev–Trinajstić information content (AvgIpc) is 2.72. The van der Waals surface area contributed by atoms with Crippen LogP contribution in [-0.4, -0.2) is 19.2 Å². The van der Waals surface area contributed by atoms with Crippen molar-refractivity contribution in [3.63, 3.8) is 0 Å². The third kappa shape index (κ3) is 9.46. The Morgan fingerprint density at radius 2 is 1.72 bits per heavy atom. The Morgan fingerprint density at radius 1 is 1.00 bits per heavy atom. The molecular formula is C29H44O3. The van der Waals surface area contributed by atoms with Crippen LogP contribution >= 0.6 is 0 Å². The van der Waals surface area contributed by atoms with Crippen LogP contribution in [-0.2, 0) is 9.53 Å². The third-order valence-electron chi connectivity index (χ3n) is 5.44. The zero-order valence-electron chi connectivity index (χ0n) is 21.6. The molecule has 1 rings (SSSR count). The van der Waals surface area contributed by atoms with Gasteiger partial charge in [0.2, 0.25) is 0 Å². The molecule has 0 atom stereocenters. The summed E-state index contributed by atoms with van der Waals surface area (Å²) in [7, 11) is 0. The summed E-state index contributed by atoms with van der Waals surface area (Å²) in [5, 5.41) is 0. The summed E-state index contributed by atoms with van der Waals surface area (Å²) >= 11 is 0. The number of esters is 1. The Kier molecular flexibility index (Phi) is 12.8. The molecule has 0 radical (unpaired) electrons. The molecule has 1 aromatic carbocycles. The van der Waals surface area contributed by atoms with E-state index in [1.807, 2.05) is 26.0 Å². The first-order valence-electron chi connectivity index (χ1n) is 12.2. The lowest BCUT2D eigenvalue weighted by Gasteiger charge is -2.21. The van der Waals surface area contributed by atoms with Crippen LogP contribution in [0.15, 0.2) is 42.0 Å². The van der Waals surface area contributed by atoms with Crippen molar-refractivity contribution in [3.8, 4) is 5.75 Å². The molecule has 0 fully saturated rings. The van der Waals surface area contributed by atoms with Crippen LogP contribution in [0.4, 0.5) is 0 Å². The predicted molar refractivity (Wildman–Crippen MR) is 137 cm³/mol. The van der Waals surface area contributed by atoms with Gasteiger partial charge in [-0.2, -0.15) is 0 Å². The number of allylic oxidation sites excluding steroid dienone is 5. The minimum atomic E-state index is -0.305. The number of carbonyl (C=O) groups excluding carboxylic acids is 1. The Labute approximate surface area is 196 Å². The van der Waals surface area contributed by atoms with Gasteiger partial charge in [0.15, 0.2) is 0 Å². The normalized spacial score (nSPS) is 12.8. The summed E-state index contributed by atoms with van der Waals surface area (Å²) < 4.78 is 11.4. The Balaban J connectivity index is 3.26. The predicted octanol–water partition coefficient (Wildman–Crippen LogP) is 8.36. The second-order valence-corrected chi connectivity index (χ2v) is 9.05. The quantitative estimate of drug-likeness (QED) is 0.134. The summed E-state index contributed by atoms with van der Waals surface area (Å²) in [5.74, 6) is 1.54. The summed E-state index contributed by atoms with van der Waals surface area (Å²) in [6.45, 7) is 18.1. The molecule has 178 valence electrons. The molecular weight excluding hydrogens is 396 g/mol. The molecule has 0 bridgehead atoms. The number of ether oxygens (including phenoxy) is 2. The topological polar surface area (TPSA) is 35.5 Å². The maximum absolute atomic E-state index is 11.6. The summed E-state index contributed by atoms with van der Waals surface area (Å²) in [6.07, 6.45) is 12.3. The molecule has 0 spiro atoms. The van der Waals surface area contributed by atoms with Crippen molar-refractivity contribution in [1.29, 1.82) is 0 Å². The van der Waals surface area contributed by atoms with Gasteiger partial charge in [-0.05, 0) is 67.4 Å². The minimum Gasteiger partial charge on any atom is -0.493 e. The van der Waals surface area contributed by atoms with E-state index in [0.717, 1.165) is 35.5 Å². The minimum absolute atomic E-state index is 0.305. The lowest BCUT2D eigenvalue weighted by molar-refractivity contribution is -0.137. The fourth-order valence-corrected chi connectivity index (χ4v) is 3.45. The highest BCUT2D eigenvalue weighted by Crippen LogP contribution is 2.37. The summed E-state index contributed by atoms with van der Waals surface area (Å²) in [6, 6.07) is 4.59. The highest BCUT2D eigenvalue weighted by atomic mass is 16.5. The molecule has 0 heterocycles. The highest BCUT2D eigenvalue weighted by molar-refractivity contribution is 5.83. The lowest BCUT2D eigenvalue weighted by atomic mass is 9.89. The van der Waals surface area contributed by atoms with E-state index in [0.29, 0.717) is 18.4 Å². The van der Waals surface area contributed by atoms with E-state index in [1.54, 1.807) is 0 Å². The van der Waals surface area contributed by atoms with Gasteiger partial charge < -0.3 is 9.47 Å². The monoisotopic (exact) mass is 440 g/mol. The van der Waals surface area contributed by atoms with E-state index in [-0.39, 0.29) is 5.97 Å². The van der Waals surface area contributed by atoms with Crippen molar-refractivity contribution in [1.82, 2.24) is 0 Å². The van der Waals surface area contributed by atoms with Crippen LogP contribution in [0.5, 0.6) is 5.75 Å². The van der Waals surface area contributed by atoms with Gasteiger partial charge in [0.05, 0.1) is 13.2 Å². The molecule has 0 aliphatic carbocycles. The first-order valence-corrected chi connectivity index (χ1v) is 12.2. The second kappa shape index (κ2) is 14.7. The molecule has 0 saturated heterocycles. The number of benzene rings is 1. The molecule has 0 N–H and O–H groups in total. The number of carbonyl (C=O) groups is 1. The van der Waals surface area contributed by atoms with Crippen LogP contribution in [0.1, 0.15) is 110 Å². The van der Waals surface area contributed by atoms with Gasteiger partial charge in [-0.15, -0.1) is 0 Å². The van der Waals surface area contributed by atoms with Crippen molar-refractivity contribution in [2.24, 2.45) is 0 Å². The smallest absolute Gasteiger partial charge is 0.330 e. The largest absolute Gasteiger partial charge is 0.493 e. The van der Waals surface area contributed by atoms with E-state index >= 15 is 0 Å². The number of hydrogen-bond acceptors (Lipinski definition) is 3. The van der Waals surface area contributed by atoms with E-state index in [9.17, 15) is 4.79 Å². The van der Waals surface area contributed by atoms with Crippen LogP contribution in [0.3, 0.4) is 0 Å². The zero-order valence-corrected chi connectivity index (χ0v) is 21.6. The number of unbranched alkanes of at least 4 members (excludes halogenated alkanes) is 3. The van der Waals surface area contributed by atoms with E-state index < -0.39 is 0 Å². The van der Waals surface area contributed by atoms with Crippen LogP contribution in [0, 0.1) is 0 Å². The zero-order chi connectivity index (χ0) is 24.1. The van der Waals surface area contributed by atoms with Gasteiger partial charge in [0.1, 0.15) is 5.75 Å². The first kappa shape index (κ1) is 27.7. The molecule has 0 aromatic heterocycles. The standard InChI is InChI=1S/C29H44O3/c1-9-11-12-13-17-32-29-26(22(5)6)19-25(21(3)4)20-27(29)24(8)16-14-15-23(7)18-28(30)31-10-2/h14-16,18-22H,9-13,17H2,1-8H3. The molecule has 3 nitrogen and oxygen atoms in total.